The lowest BCUT2D eigenvalue weighted by Crippen LogP contribution is -2.52. The second kappa shape index (κ2) is 5.24. The Hall–Kier alpha value is -2.50. The van der Waals surface area contributed by atoms with Crippen LogP contribution >= 0.6 is 0 Å². The molecule has 20 heavy (non-hydrogen) atoms. The van der Waals surface area contributed by atoms with Crippen LogP contribution in [0.5, 0.6) is 0 Å². The molecule has 2 aromatic rings. The SMILES string of the molecule is NC1N=C(c2ccccc2)N=C(c2ccccc2)N1N. The monoisotopic (exact) mass is 265 g/mol. The van der Waals surface area contributed by atoms with Gasteiger partial charge in [0.2, 0.25) is 0 Å². The zero-order valence-corrected chi connectivity index (χ0v) is 10.8. The van der Waals surface area contributed by atoms with Gasteiger partial charge >= 0.3 is 0 Å². The third-order valence-corrected chi connectivity index (χ3v) is 3.06. The van der Waals surface area contributed by atoms with Crippen LogP contribution in [0.15, 0.2) is 70.6 Å². The van der Waals surface area contributed by atoms with Crippen molar-refractivity contribution in [2.24, 2.45) is 21.6 Å². The highest BCUT2D eigenvalue weighted by Crippen LogP contribution is 2.13. The number of hydrogen-bond donors (Lipinski definition) is 2. The van der Waals surface area contributed by atoms with E-state index < -0.39 is 6.29 Å². The van der Waals surface area contributed by atoms with Gasteiger partial charge in [-0.3, -0.25) is 10.7 Å². The number of nitrogens with zero attached hydrogens (tertiary/aromatic N) is 3. The van der Waals surface area contributed by atoms with Crippen LogP contribution in [0.3, 0.4) is 0 Å². The van der Waals surface area contributed by atoms with Gasteiger partial charge in [0.05, 0.1) is 0 Å². The van der Waals surface area contributed by atoms with Gasteiger partial charge in [-0.1, -0.05) is 60.7 Å². The van der Waals surface area contributed by atoms with Gasteiger partial charge in [0.1, 0.15) is 0 Å². The minimum absolute atomic E-state index is 0.596. The van der Waals surface area contributed by atoms with Crippen molar-refractivity contribution in [1.82, 2.24) is 5.01 Å². The lowest BCUT2D eigenvalue weighted by atomic mass is 10.1. The molecule has 4 N–H and O–H groups in total. The Morgan fingerprint density at radius 3 is 2.00 bits per heavy atom. The molecular formula is C15H15N5. The van der Waals surface area contributed by atoms with Crippen molar-refractivity contribution in [2.75, 3.05) is 0 Å². The molecule has 5 nitrogen and oxygen atoms in total. The molecule has 1 atom stereocenters. The van der Waals surface area contributed by atoms with Crippen LogP contribution in [0.4, 0.5) is 0 Å². The maximum absolute atomic E-state index is 5.97. The lowest BCUT2D eigenvalue weighted by Gasteiger charge is -2.28. The molecule has 3 rings (SSSR count). The first-order valence-corrected chi connectivity index (χ1v) is 6.32. The third-order valence-electron chi connectivity index (χ3n) is 3.06. The minimum atomic E-state index is -0.641. The lowest BCUT2D eigenvalue weighted by molar-refractivity contribution is 0.333. The smallest absolute Gasteiger partial charge is 0.190 e. The second-order valence-corrected chi connectivity index (χ2v) is 4.44. The molecule has 0 fully saturated rings. The standard InChI is InChI=1S/C15H15N5/c16-15-19-13(11-7-3-1-4-8-11)18-14(20(15)17)12-9-5-2-6-10-12/h1-10,15H,16-17H2. The molecule has 1 heterocycles. The second-order valence-electron chi connectivity index (χ2n) is 4.44. The average molecular weight is 265 g/mol. The molecule has 0 aromatic heterocycles. The fourth-order valence-corrected chi connectivity index (χ4v) is 2.03. The molecule has 5 heteroatoms. The third kappa shape index (κ3) is 2.32. The predicted molar refractivity (Wildman–Crippen MR) is 80.0 cm³/mol. The molecule has 0 radical (unpaired) electrons. The molecule has 2 aromatic carbocycles. The molecule has 1 aliphatic heterocycles. The molecule has 0 bridgehead atoms. The Kier molecular flexibility index (Phi) is 3.28. The molecule has 1 unspecified atom stereocenters. The number of rotatable bonds is 2. The minimum Gasteiger partial charge on any atom is -0.291 e. The van der Waals surface area contributed by atoms with Crippen LogP contribution < -0.4 is 11.6 Å². The number of benzene rings is 2. The summed E-state index contributed by atoms with van der Waals surface area (Å²) in [6, 6.07) is 19.4. The van der Waals surface area contributed by atoms with Gasteiger partial charge in [-0.2, -0.15) is 0 Å². The van der Waals surface area contributed by atoms with Crippen LogP contribution in [-0.4, -0.2) is 23.0 Å². The number of amidine groups is 2. The summed E-state index contributed by atoms with van der Waals surface area (Å²) in [5.41, 5.74) is 7.80. The van der Waals surface area contributed by atoms with E-state index in [0.717, 1.165) is 11.1 Å². The van der Waals surface area contributed by atoms with E-state index in [1.165, 1.54) is 5.01 Å². The zero-order valence-electron chi connectivity index (χ0n) is 10.8. The summed E-state index contributed by atoms with van der Waals surface area (Å²) in [5.74, 6) is 7.18. The molecule has 1 aliphatic rings. The number of hydrogen-bond acceptors (Lipinski definition) is 5. The summed E-state index contributed by atoms with van der Waals surface area (Å²) in [6.07, 6.45) is -0.641. The van der Waals surface area contributed by atoms with E-state index in [0.29, 0.717) is 11.7 Å². The largest absolute Gasteiger partial charge is 0.291 e. The van der Waals surface area contributed by atoms with E-state index >= 15 is 0 Å². The highest BCUT2D eigenvalue weighted by Gasteiger charge is 2.22. The van der Waals surface area contributed by atoms with Crippen LogP contribution in [0.25, 0.3) is 0 Å². The first-order valence-electron chi connectivity index (χ1n) is 6.32. The van der Waals surface area contributed by atoms with E-state index in [1.807, 2.05) is 60.7 Å². The molecule has 0 aliphatic carbocycles. The quantitative estimate of drug-likeness (QED) is 0.803. The maximum atomic E-state index is 5.97. The zero-order chi connectivity index (χ0) is 13.9. The summed E-state index contributed by atoms with van der Waals surface area (Å²) in [7, 11) is 0. The molecule has 100 valence electrons. The average Bonchev–Trinajstić information content (AvgIpc) is 2.51. The van der Waals surface area contributed by atoms with Gasteiger partial charge in [-0.05, 0) is 0 Å². The Bertz CT molecular complexity index is 648. The summed E-state index contributed by atoms with van der Waals surface area (Å²) < 4.78 is 0. The number of aliphatic imine (C=N–C) groups is 2. The molecular weight excluding hydrogens is 250 g/mol. The van der Waals surface area contributed by atoms with Crippen LogP contribution in [0, 0.1) is 0 Å². The van der Waals surface area contributed by atoms with Crippen molar-refractivity contribution < 1.29 is 0 Å². The molecule has 0 amide bonds. The molecule has 0 saturated carbocycles. The fourth-order valence-electron chi connectivity index (χ4n) is 2.03. The summed E-state index contributed by atoms with van der Waals surface area (Å²) in [5, 5.41) is 1.38. The van der Waals surface area contributed by atoms with Crippen molar-refractivity contribution in [3.8, 4) is 0 Å². The van der Waals surface area contributed by atoms with Crippen molar-refractivity contribution in [1.29, 1.82) is 0 Å². The maximum Gasteiger partial charge on any atom is 0.190 e. The normalized spacial score (nSPS) is 18.5. The van der Waals surface area contributed by atoms with Gasteiger partial charge in [0.25, 0.3) is 0 Å². The number of nitrogens with two attached hydrogens (primary N) is 2. The first kappa shape index (κ1) is 12.5. The van der Waals surface area contributed by atoms with E-state index in [9.17, 15) is 0 Å². The summed E-state index contributed by atoms with van der Waals surface area (Å²) in [6.45, 7) is 0. The molecule has 0 spiro atoms. The summed E-state index contributed by atoms with van der Waals surface area (Å²) >= 11 is 0. The van der Waals surface area contributed by atoms with Crippen molar-refractivity contribution in [2.45, 2.75) is 6.29 Å². The predicted octanol–water partition coefficient (Wildman–Crippen LogP) is 1.31. The van der Waals surface area contributed by atoms with Crippen molar-refractivity contribution in [3.63, 3.8) is 0 Å². The molecule has 0 saturated heterocycles. The summed E-state index contributed by atoms with van der Waals surface area (Å²) in [4.78, 5) is 8.86. The highest BCUT2D eigenvalue weighted by atomic mass is 15.5. The van der Waals surface area contributed by atoms with Crippen molar-refractivity contribution in [3.05, 3.63) is 71.8 Å². The topological polar surface area (TPSA) is 80.0 Å². The Balaban J connectivity index is 2.05. The van der Waals surface area contributed by atoms with E-state index in [4.69, 9.17) is 11.6 Å². The Morgan fingerprint density at radius 1 is 0.850 bits per heavy atom. The van der Waals surface area contributed by atoms with Gasteiger partial charge in [0.15, 0.2) is 18.0 Å². The van der Waals surface area contributed by atoms with Crippen LogP contribution in [0.2, 0.25) is 0 Å². The van der Waals surface area contributed by atoms with Gasteiger partial charge in [0, 0.05) is 11.1 Å². The Morgan fingerprint density at radius 2 is 1.40 bits per heavy atom. The number of hydrazine groups is 1. The van der Waals surface area contributed by atoms with E-state index in [-0.39, 0.29) is 0 Å². The highest BCUT2D eigenvalue weighted by molar-refractivity contribution is 6.12. The van der Waals surface area contributed by atoms with Gasteiger partial charge in [-0.15, -0.1) is 0 Å². The van der Waals surface area contributed by atoms with E-state index in [1.54, 1.807) is 0 Å². The fraction of sp³-hybridized carbons (Fsp3) is 0.0667. The van der Waals surface area contributed by atoms with Crippen molar-refractivity contribution >= 4 is 11.7 Å². The van der Waals surface area contributed by atoms with Crippen LogP contribution in [-0.2, 0) is 0 Å². The first-order chi connectivity index (χ1) is 9.75. The van der Waals surface area contributed by atoms with Gasteiger partial charge in [-0.25, -0.2) is 15.8 Å². The van der Waals surface area contributed by atoms with E-state index in [2.05, 4.69) is 9.98 Å². The Labute approximate surface area is 117 Å². The van der Waals surface area contributed by atoms with Gasteiger partial charge < -0.3 is 0 Å². The van der Waals surface area contributed by atoms with Crippen LogP contribution in [0.1, 0.15) is 11.1 Å².